The van der Waals surface area contributed by atoms with Crippen LogP contribution in [0.1, 0.15) is 44.7 Å². The highest BCUT2D eigenvalue weighted by Crippen LogP contribution is 2.28. The number of amides is 1. The first kappa shape index (κ1) is 17.8. The molecule has 6 heteroatoms. The van der Waals surface area contributed by atoms with Crippen LogP contribution in [0.15, 0.2) is 24.3 Å². The summed E-state index contributed by atoms with van der Waals surface area (Å²) in [6.07, 6.45) is -0.957. The van der Waals surface area contributed by atoms with Gasteiger partial charge in [0.2, 0.25) is 0 Å². The quantitative estimate of drug-likeness (QED) is 0.726. The van der Waals surface area contributed by atoms with Crippen LogP contribution in [-0.2, 0) is 4.79 Å². The van der Waals surface area contributed by atoms with Crippen molar-refractivity contribution in [1.82, 2.24) is 10.3 Å². The number of aromatic nitrogens is 1. The van der Waals surface area contributed by atoms with Crippen molar-refractivity contribution in [3.05, 3.63) is 29.3 Å². The molecule has 2 aromatic rings. The lowest BCUT2D eigenvalue weighted by atomic mass is 10.00. The zero-order valence-corrected chi connectivity index (χ0v) is 14.5. The normalized spacial score (nSPS) is 16.7. The Balaban J connectivity index is 2.00. The van der Waals surface area contributed by atoms with Crippen LogP contribution < -0.4 is 5.32 Å². The fourth-order valence-corrected chi connectivity index (χ4v) is 3.44. The number of nitrogens with zero attached hydrogens (tertiary/aromatic N) is 1. The lowest BCUT2D eigenvalue weighted by Crippen LogP contribution is -2.43. The van der Waals surface area contributed by atoms with E-state index in [9.17, 15) is 15.0 Å². The first-order valence-electron chi connectivity index (χ1n) is 7.94. The molecule has 23 heavy (non-hydrogen) atoms. The molecule has 0 saturated heterocycles. The van der Waals surface area contributed by atoms with Crippen molar-refractivity contribution < 1.29 is 15.0 Å². The third-order valence-corrected chi connectivity index (χ3v) is 5.08. The van der Waals surface area contributed by atoms with Crippen molar-refractivity contribution in [2.75, 3.05) is 0 Å². The Morgan fingerprint density at radius 2 is 2.00 bits per heavy atom. The Labute approximate surface area is 140 Å². The first-order chi connectivity index (χ1) is 10.9. The van der Waals surface area contributed by atoms with Gasteiger partial charge in [0.1, 0.15) is 11.1 Å². The minimum atomic E-state index is -1.52. The SMILES string of the molecule is CCC(C)CC(C)NC(=O)C(O)C(O)c1nc2ccccc2s1. The van der Waals surface area contributed by atoms with Crippen LogP contribution in [0, 0.1) is 5.92 Å². The molecule has 0 fully saturated rings. The van der Waals surface area contributed by atoms with Gasteiger partial charge in [-0.15, -0.1) is 11.3 Å². The van der Waals surface area contributed by atoms with E-state index >= 15 is 0 Å². The smallest absolute Gasteiger partial charge is 0.252 e. The van der Waals surface area contributed by atoms with Gasteiger partial charge in [-0.3, -0.25) is 4.79 Å². The standard InChI is InChI=1S/C17H24N2O3S/c1-4-10(2)9-11(3)18-16(22)14(20)15(21)17-19-12-7-5-6-8-13(12)23-17/h5-8,10-11,14-15,20-21H,4,9H2,1-3H3,(H,18,22). The Morgan fingerprint density at radius 1 is 1.30 bits per heavy atom. The molecular formula is C17H24N2O3S. The molecule has 126 valence electrons. The van der Waals surface area contributed by atoms with E-state index in [1.165, 1.54) is 11.3 Å². The largest absolute Gasteiger partial charge is 0.383 e. The second-order valence-corrected chi connectivity index (χ2v) is 7.13. The number of rotatable bonds is 7. The van der Waals surface area contributed by atoms with Gasteiger partial charge in [-0.2, -0.15) is 0 Å². The van der Waals surface area contributed by atoms with Gasteiger partial charge in [-0.05, 0) is 31.4 Å². The van der Waals surface area contributed by atoms with E-state index in [-0.39, 0.29) is 6.04 Å². The van der Waals surface area contributed by atoms with Crippen molar-refractivity contribution in [3.8, 4) is 0 Å². The van der Waals surface area contributed by atoms with Crippen LogP contribution in [0.25, 0.3) is 10.2 Å². The second kappa shape index (κ2) is 7.86. The Morgan fingerprint density at radius 3 is 2.65 bits per heavy atom. The molecule has 0 aliphatic heterocycles. The molecule has 1 aromatic heterocycles. The van der Waals surface area contributed by atoms with Gasteiger partial charge in [0.25, 0.3) is 5.91 Å². The second-order valence-electron chi connectivity index (χ2n) is 6.07. The third-order valence-electron chi connectivity index (χ3n) is 3.97. The highest BCUT2D eigenvalue weighted by molar-refractivity contribution is 7.18. The molecule has 3 N–H and O–H groups in total. The van der Waals surface area contributed by atoms with Crippen LogP contribution in [0.5, 0.6) is 0 Å². The van der Waals surface area contributed by atoms with Crippen molar-refractivity contribution in [1.29, 1.82) is 0 Å². The maximum atomic E-state index is 12.1. The summed E-state index contributed by atoms with van der Waals surface area (Å²) < 4.78 is 0.916. The molecule has 4 atom stereocenters. The summed E-state index contributed by atoms with van der Waals surface area (Å²) in [4.78, 5) is 16.4. The van der Waals surface area contributed by atoms with Gasteiger partial charge in [0, 0.05) is 6.04 Å². The number of carbonyl (C=O) groups excluding carboxylic acids is 1. The topological polar surface area (TPSA) is 82.5 Å². The summed E-state index contributed by atoms with van der Waals surface area (Å²) in [6.45, 7) is 6.13. The molecule has 2 rings (SSSR count). The summed E-state index contributed by atoms with van der Waals surface area (Å²) in [6, 6.07) is 7.43. The van der Waals surface area contributed by atoms with Gasteiger partial charge in [-0.25, -0.2) is 4.98 Å². The number of hydrogen-bond acceptors (Lipinski definition) is 5. The van der Waals surface area contributed by atoms with Crippen LogP contribution in [0.4, 0.5) is 0 Å². The molecule has 0 radical (unpaired) electrons. The fourth-order valence-electron chi connectivity index (χ4n) is 2.45. The van der Waals surface area contributed by atoms with E-state index in [2.05, 4.69) is 24.1 Å². The maximum absolute atomic E-state index is 12.1. The third kappa shape index (κ3) is 4.50. The van der Waals surface area contributed by atoms with Crippen molar-refractivity contribution in [2.45, 2.75) is 51.9 Å². The number of aliphatic hydroxyl groups is 2. The van der Waals surface area contributed by atoms with Gasteiger partial charge >= 0.3 is 0 Å². The van der Waals surface area contributed by atoms with Crippen LogP contribution in [-0.4, -0.2) is 33.3 Å². The molecule has 5 nitrogen and oxygen atoms in total. The molecule has 0 saturated carbocycles. The molecule has 0 bridgehead atoms. The van der Waals surface area contributed by atoms with Crippen molar-refractivity contribution in [2.24, 2.45) is 5.92 Å². The average molecular weight is 336 g/mol. The molecule has 0 aliphatic rings. The highest BCUT2D eigenvalue weighted by atomic mass is 32.1. The fraction of sp³-hybridized carbons (Fsp3) is 0.529. The van der Waals surface area contributed by atoms with Gasteiger partial charge in [0.05, 0.1) is 10.2 Å². The Bertz CT molecular complexity index is 625. The molecule has 0 aliphatic carbocycles. The lowest BCUT2D eigenvalue weighted by molar-refractivity contribution is -0.136. The van der Waals surface area contributed by atoms with E-state index in [1.807, 2.05) is 31.2 Å². The molecule has 1 aromatic carbocycles. The summed E-state index contributed by atoms with van der Waals surface area (Å²) >= 11 is 1.28. The van der Waals surface area contributed by atoms with Crippen LogP contribution >= 0.6 is 11.3 Å². The zero-order valence-electron chi connectivity index (χ0n) is 13.7. The molecule has 0 spiro atoms. The minimum absolute atomic E-state index is 0.0466. The van der Waals surface area contributed by atoms with Crippen molar-refractivity contribution in [3.63, 3.8) is 0 Å². The number of aliphatic hydroxyl groups excluding tert-OH is 2. The number of thiazole rings is 1. The lowest BCUT2D eigenvalue weighted by Gasteiger charge is -2.21. The van der Waals surface area contributed by atoms with Crippen molar-refractivity contribution >= 4 is 27.5 Å². The predicted molar refractivity (Wildman–Crippen MR) is 92.3 cm³/mol. The van der Waals surface area contributed by atoms with E-state index in [0.29, 0.717) is 10.9 Å². The number of para-hydroxylation sites is 1. The monoisotopic (exact) mass is 336 g/mol. The average Bonchev–Trinajstić information content (AvgIpc) is 2.96. The van der Waals surface area contributed by atoms with Gasteiger partial charge in [0.15, 0.2) is 6.10 Å². The maximum Gasteiger partial charge on any atom is 0.252 e. The van der Waals surface area contributed by atoms with Crippen LogP contribution in [0.2, 0.25) is 0 Å². The Hall–Kier alpha value is -1.50. The number of fused-ring (bicyclic) bond motifs is 1. The summed E-state index contributed by atoms with van der Waals surface area (Å²) in [5, 5.41) is 23.5. The predicted octanol–water partition coefficient (Wildman–Crippen LogP) is 2.63. The molecule has 1 heterocycles. The summed E-state index contributed by atoms with van der Waals surface area (Å²) in [5.74, 6) is -0.0656. The van der Waals surface area contributed by atoms with E-state index in [1.54, 1.807) is 0 Å². The zero-order chi connectivity index (χ0) is 17.0. The number of hydrogen-bond donors (Lipinski definition) is 3. The minimum Gasteiger partial charge on any atom is -0.383 e. The van der Waals surface area contributed by atoms with Gasteiger partial charge in [-0.1, -0.05) is 32.4 Å². The molecule has 4 unspecified atom stereocenters. The van der Waals surface area contributed by atoms with E-state index in [0.717, 1.165) is 23.1 Å². The molecule has 1 amide bonds. The van der Waals surface area contributed by atoms with Gasteiger partial charge < -0.3 is 15.5 Å². The summed E-state index contributed by atoms with van der Waals surface area (Å²) in [7, 11) is 0. The highest BCUT2D eigenvalue weighted by Gasteiger charge is 2.29. The number of nitrogens with one attached hydrogen (secondary N) is 1. The van der Waals surface area contributed by atoms with Crippen LogP contribution in [0.3, 0.4) is 0 Å². The van der Waals surface area contributed by atoms with E-state index < -0.39 is 18.1 Å². The molecular weight excluding hydrogens is 312 g/mol. The summed E-state index contributed by atoms with van der Waals surface area (Å²) in [5.41, 5.74) is 0.754. The van der Waals surface area contributed by atoms with E-state index in [4.69, 9.17) is 0 Å². The first-order valence-corrected chi connectivity index (χ1v) is 8.76. The Kier molecular flexibility index (Phi) is 6.10. The number of benzene rings is 1. The number of carbonyl (C=O) groups is 1.